The molecule has 0 unspecified atom stereocenters. The van der Waals surface area contributed by atoms with E-state index in [0.717, 1.165) is 29.2 Å². The SMILES string of the molecule is CC.CC1CC1.CCOC=O.CS.Cc1nccc(-n2nc(C)nc2C)n1. The van der Waals surface area contributed by atoms with E-state index in [1.165, 1.54) is 12.8 Å². The highest BCUT2D eigenvalue weighted by atomic mass is 32.1. The molecule has 3 rings (SSSR count). The molecular formula is C19H35N5O2S. The van der Waals surface area contributed by atoms with Crippen molar-refractivity contribution in [3.05, 3.63) is 29.7 Å². The number of hydrogen-bond acceptors (Lipinski definition) is 7. The lowest BCUT2D eigenvalue weighted by Gasteiger charge is -2.01. The fraction of sp³-hybridized carbons (Fsp3) is 0.632. The third kappa shape index (κ3) is 13.8. The maximum Gasteiger partial charge on any atom is 0.293 e. The molecule has 1 saturated carbocycles. The van der Waals surface area contributed by atoms with Crippen molar-refractivity contribution in [1.29, 1.82) is 0 Å². The Hall–Kier alpha value is -1.96. The zero-order chi connectivity index (χ0) is 21.2. The zero-order valence-electron chi connectivity index (χ0n) is 17.9. The largest absolute Gasteiger partial charge is 0.468 e. The van der Waals surface area contributed by atoms with Crippen molar-refractivity contribution in [2.75, 3.05) is 12.9 Å². The van der Waals surface area contributed by atoms with Crippen LogP contribution in [0.25, 0.3) is 5.82 Å². The molecule has 1 aliphatic rings. The number of aryl methyl sites for hydroxylation is 3. The minimum Gasteiger partial charge on any atom is -0.468 e. The molecule has 2 aromatic rings. The number of hydrogen-bond donors (Lipinski definition) is 1. The molecule has 0 radical (unpaired) electrons. The van der Waals surface area contributed by atoms with Gasteiger partial charge in [0.15, 0.2) is 5.82 Å². The Labute approximate surface area is 169 Å². The third-order valence-electron chi connectivity index (χ3n) is 2.95. The summed E-state index contributed by atoms with van der Waals surface area (Å²) >= 11 is 3.53. The van der Waals surface area contributed by atoms with E-state index in [4.69, 9.17) is 0 Å². The van der Waals surface area contributed by atoms with Gasteiger partial charge in [0, 0.05) is 12.3 Å². The average Bonchev–Trinajstić information content (AvgIpc) is 3.39. The zero-order valence-corrected chi connectivity index (χ0v) is 18.8. The average molecular weight is 398 g/mol. The van der Waals surface area contributed by atoms with Crippen LogP contribution in [0.2, 0.25) is 0 Å². The van der Waals surface area contributed by atoms with E-state index in [2.05, 4.69) is 44.3 Å². The predicted octanol–water partition coefficient (Wildman–Crippen LogP) is 4.15. The van der Waals surface area contributed by atoms with Gasteiger partial charge >= 0.3 is 0 Å². The minimum absolute atomic E-state index is 0.431. The van der Waals surface area contributed by atoms with Crippen molar-refractivity contribution >= 4 is 19.1 Å². The van der Waals surface area contributed by atoms with Gasteiger partial charge in [0.25, 0.3) is 6.47 Å². The van der Waals surface area contributed by atoms with E-state index >= 15 is 0 Å². The number of nitrogens with zero attached hydrogens (tertiary/aromatic N) is 5. The van der Waals surface area contributed by atoms with Crippen molar-refractivity contribution < 1.29 is 9.53 Å². The molecule has 0 atom stereocenters. The number of carbonyl (C=O) groups is 1. The van der Waals surface area contributed by atoms with Crippen molar-refractivity contribution in [3.63, 3.8) is 0 Å². The highest BCUT2D eigenvalue weighted by Crippen LogP contribution is 2.26. The maximum absolute atomic E-state index is 9.18. The molecule has 0 amide bonds. The summed E-state index contributed by atoms with van der Waals surface area (Å²) in [6.45, 7) is 14.6. The summed E-state index contributed by atoms with van der Waals surface area (Å²) in [7, 11) is 0. The van der Waals surface area contributed by atoms with Gasteiger partial charge in [-0.2, -0.15) is 17.3 Å². The van der Waals surface area contributed by atoms with Crippen LogP contribution in [-0.4, -0.2) is 44.1 Å². The molecule has 2 heterocycles. The second-order valence-electron chi connectivity index (χ2n) is 5.31. The molecule has 0 aromatic carbocycles. The van der Waals surface area contributed by atoms with E-state index in [1.807, 2.05) is 40.7 Å². The first-order valence-electron chi connectivity index (χ1n) is 9.18. The van der Waals surface area contributed by atoms with E-state index in [0.29, 0.717) is 13.1 Å². The highest BCUT2D eigenvalue weighted by Gasteiger charge is 2.12. The normalized spacial score (nSPS) is 11.0. The van der Waals surface area contributed by atoms with Gasteiger partial charge in [-0.25, -0.2) is 15.0 Å². The van der Waals surface area contributed by atoms with Crippen LogP contribution in [0.3, 0.4) is 0 Å². The highest BCUT2D eigenvalue weighted by molar-refractivity contribution is 7.79. The summed E-state index contributed by atoms with van der Waals surface area (Å²) in [5.74, 6) is 4.16. The van der Waals surface area contributed by atoms with Gasteiger partial charge in [0.1, 0.15) is 17.5 Å². The van der Waals surface area contributed by atoms with Gasteiger partial charge in [-0.3, -0.25) is 4.79 Å². The topological polar surface area (TPSA) is 82.8 Å². The molecule has 27 heavy (non-hydrogen) atoms. The molecule has 0 N–H and O–H groups in total. The lowest BCUT2D eigenvalue weighted by Crippen LogP contribution is -2.03. The summed E-state index contributed by atoms with van der Waals surface area (Å²) in [6, 6.07) is 1.81. The van der Waals surface area contributed by atoms with Crippen LogP contribution >= 0.6 is 12.6 Å². The molecule has 8 heteroatoms. The first-order valence-corrected chi connectivity index (χ1v) is 10.1. The molecule has 2 aromatic heterocycles. The van der Waals surface area contributed by atoms with Gasteiger partial charge < -0.3 is 4.74 Å². The fourth-order valence-corrected chi connectivity index (χ4v) is 1.53. The van der Waals surface area contributed by atoms with Gasteiger partial charge in [0.2, 0.25) is 0 Å². The number of rotatable bonds is 3. The molecule has 1 fully saturated rings. The Morgan fingerprint density at radius 3 is 2.04 bits per heavy atom. The standard InChI is InChI=1S/C9H11N5.C4H8.C3H6O2.C2H6.CH4S/c1-6-10-5-4-9(12-6)14-8(3)11-7(2)13-14;1-4-2-3-4;1-2-5-3-4;2*1-2/h4-5H,1-3H3;4H,2-3H2,1H3;3H,2H2,1H3;1-2H3;2H,1H3. The van der Waals surface area contributed by atoms with Gasteiger partial charge in [0.05, 0.1) is 6.61 Å². The molecular weight excluding hydrogens is 362 g/mol. The molecule has 7 nitrogen and oxygen atoms in total. The van der Waals surface area contributed by atoms with E-state index in [9.17, 15) is 4.79 Å². The molecule has 0 aliphatic heterocycles. The maximum atomic E-state index is 9.18. The molecule has 0 saturated heterocycles. The van der Waals surface area contributed by atoms with Crippen molar-refractivity contribution in [1.82, 2.24) is 24.7 Å². The molecule has 1 aliphatic carbocycles. The Balaban J connectivity index is 0. The van der Waals surface area contributed by atoms with Crippen LogP contribution in [0, 0.1) is 26.7 Å². The van der Waals surface area contributed by atoms with Crippen LogP contribution in [0.5, 0.6) is 0 Å². The van der Waals surface area contributed by atoms with Crippen molar-refractivity contribution in [3.8, 4) is 5.82 Å². The van der Waals surface area contributed by atoms with Crippen LogP contribution in [0.15, 0.2) is 12.3 Å². The number of thiol groups is 1. The van der Waals surface area contributed by atoms with E-state index < -0.39 is 0 Å². The number of ether oxygens (including phenoxy) is 1. The van der Waals surface area contributed by atoms with Crippen LogP contribution < -0.4 is 0 Å². The monoisotopic (exact) mass is 397 g/mol. The fourth-order valence-electron chi connectivity index (χ4n) is 1.53. The first-order chi connectivity index (χ1) is 13.0. The van der Waals surface area contributed by atoms with Crippen molar-refractivity contribution in [2.24, 2.45) is 5.92 Å². The molecule has 154 valence electrons. The lowest BCUT2D eigenvalue weighted by atomic mass is 10.5. The van der Waals surface area contributed by atoms with E-state index in [1.54, 1.807) is 24.1 Å². The van der Waals surface area contributed by atoms with Gasteiger partial charge in [-0.1, -0.05) is 33.6 Å². The number of aromatic nitrogens is 5. The smallest absolute Gasteiger partial charge is 0.293 e. The second-order valence-corrected chi connectivity index (χ2v) is 5.31. The lowest BCUT2D eigenvalue weighted by molar-refractivity contribution is -0.128. The van der Waals surface area contributed by atoms with Crippen LogP contribution in [-0.2, 0) is 9.53 Å². The predicted molar refractivity (Wildman–Crippen MR) is 114 cm³/mol. The van der Waals surface area contributed by atoms with Gasteiger partial charge in [-0.15, -0.1) is 5.10 Å². The second kappa shape index (κ2) is 17.5. The summed E-state index contributed by atoms with van der Waals surface area (Å²) in [6.07, 6.45) is 6.38. The molecule has 0 spiro atoms. The van der Waals surface area contributed by atoms with E-state index in [-0.39, 0.29) is 0 Å². The minimum atomic E-state index is 0.431. The first kappa shape index (κ1) is 27.3. The Kier molecular flexibility index (Phi) is 17.6. The Bertz CT molecular complexity index is 616. The molecule has 0 bridgehead atoms. The van der Waals surface area contributed by atoms with Gasteiger partial charge in [-0.05, 0) is 39.9 Å². The van der Waals surface area contributed by atoms with Crippen LogP contribution in [0.1, 0.15) is 58.0 Å². The third-order valence-corrected chi connectivity index (χ3v) is 2.95. The van der Waals surface area contributed by atoms with Crippen molar-refractivity contribution in [2.45, 2.75) is 61.3 Å². The summed E-state index contributed by atoms with van der Waals surface area (Å²) in [5.41, 5.74) is 0. The Morgan fingerprint density at radius 2 is 1.74 bits per heavy atom. The quantitative estimate of drug-likeness (QED) is 0.619. The van der Waals surface area contributed by atoms with Crippen LogP contribution in [0.4, 0.5) is 0 Å². The summed E-state index contributed by atoms with van der Waals surface area (Å²) < 4.78 is 5.87. The summed E-state index contributed by atoms with van der Waals surface area (Å²) in [4.78, 5) is 21.7. The number of carbonyl (C=O) groups excluding carboxylic acids is 1. The Morgan fingerprint density at radius 1 is 1.19 bits per heavy atom. The summed E-state index contributed by atoms with van der Waals surface area (Å²) in [5, 5.41) is 4.24.